The van der Waals surface area contributed by atoms with Crippen LogP contribution in [0.5, 0.6) is 5.75 Å². The standard InChI is InChI=1S/C27H38N2O6/c1-27(2,3)24-23(17-7-5-8-18(13-17)28-25(31)21-9-6-12-35-21)19-15-22(34-4)16(10-11-30)14-20(19)29(24)26(32)33/h14-15,17-18,21,30H,5-13H2,1-4H3,(H,28,31)(H,32,33)/t17-,18+,21?/m0/s1. The maximum Gasteiger partial charge on any atom is 0.416 e. The van der Waals surface area contributed by atoms with Gasteiger partial charge in [0.2, 0.25) is 5.91 Å². The molecule has 0 spiro atoms. The van der Waals surface area contributed by atoms with Crippen molar-refractivity contribution >= 4 is 22.9 Å². The predicted octanol–water partition coefficient (Wildman–Crippen LogP) is 4.33. The van der Waals surface area contributed by atoms with E-state index in [9.17, 15) is 19.8 Å². The largest absolute Gasteiger partial charge is 0.496 e. The highest BCUT2D eigenvalue weighted by molar-refractivity contribution is 5.95. The monoisotopic (exact) mass is 486 g/mol. The number of rotatable bonds is 6. The van der Waals surface area contributed by atoms with Crippen LogP contribution in [0, 0.1) is 0 Å². The number of carboxylic acid groups (broad SMARTS) is 1. The van der Waals surface area contributed by atoms with Gasteiger partial charge in [0.05, 0.1) is 12.6 Å². The van der Waals surface area contributed by atoms with Gasteiger partial charge in [-0.05, 0) is 67.7 Å². The fourth-order valence-electron chi connectivity index (χ4n) is 5.90. The van der Waals surface area contributed by atoms with Crippen LogP contribution in [-0.4, -0.2) is 59.2 Å². The lowest BCUT2D eigenvalue weighted by Crippen LogP contribution is -2.43. The van der Waals surface area contributed by atoms with Crippen LogP contribution in [0.25, 0.3) is 10.9 Å². The van der Waals surface area contributed by atoms with Crippen LogP contribution in [-0.2, 0) is 21.4 Å². The Balaban J connectivity index is 1.80. The summed E-state index contributed by atoms with van der Waals surface area (Å²) in [5.74, 6) is 0.714. The van der Waals surface area contributed by atoms with Gasteiger partial charge in [0, 0.05) is 35.8 Å². The number of amides is 1. The minimum absolute atomic E-state index is 0.0251. The first kappa shape index (κ1) is 25.5. The number of carbonyl (C=O) groups excluding carboxylic acids is 1. The van der Waals surface area contributed by atoms with E-state index in [-0.39, 0.29) is 30.6 Å². The molecule has 3 atom stereocenters. The second-order valence-corrected chi connectivity index (χ2v) is 10.9. The first-order valence-electron chi connectivity index (χ1n) is 12.7. The van der Waals surface area contributed by atoms with Gasteiger partial charge in [-0.1, -0.05) is 27.2 Å². The topological polar surface area (TPSA) is 110 Å². The van der Waals surface area contributed by atoms with Crippen molar-refractivity contribution in [1.82, 2.24) is 9.88 Å². The predicted molar refractivity (Wildman–Crippen MR) is 134 cm³/mol. The SMILES string of the molecule is COc1cc2c([C@H]3CCC[C@@H](NC(=O)C4CCCO4)C3)c(C(C)(C)C)n(C(=O)O)c2cc1CCO. The zero-order valence-electron chi connectivity index (χ0n) is 21.2. The third kappa shape index (κ3) is 5.05. The average molecular weight is 487 g/mol. The third-order valence-corrected chi connectivity index (χ3v) is 7.34. The van der Waals surface area contributed by atoms with Crippen molar-refractivity contribution in [2.45, 2.75) is 89.2 Å². The molecular formula is C27H38N2O6. The van der Waals surface area contributed by atoms with E-state index in [0.29, 0.717) is 24.3 Å². The number of nitrogens with zero attached hydrogens (tertiary/aromatic N) is 1. The number of benzene rings is 1. The number of hydrogen-bond donors (Lipinski definition) is 3. The maximum atomic E-state index is 12.7. The van der Waals surface area contributed by atoms with E-state index < -0.39 is 11.5 Å². The first-order chi connectivity index (χ1) is 16.7. The van der Waals surface area contributed by atoms with Crippen molar-refractivity contribution in [2.75, 3.05) is 20.3 Å². The Labute approximate surface area is 206 Å². The second kappa shape index (κ2) is 10.2. The lowest BCUT2D eigenvalue weighted by molar-refractivity contribution is -0.131. The normalized spacial score (nSPS) is 22.9. The summed E-state index contributed by atoms with van der Waals surface area (Å²) in [4.78, 5) is 25.3. The zero-order chi connectivity index (χ0) is 25.3. The van der Waals surface area contributed by atoms with Crippen molar-refractivity contribution in [3.63, 3.8) is 0 Å². The highest BCUT2D eigenvalue weighted by Gasteiger charge is 2.36. The van der Waals surface area contributed by atoms with Gasteiger partial charge >= 0.3 is 6.09 Å². The van der Waals surface area contributed by atoms with Crippen LogP contribution in [0.1, 0.15) is 82.0 Å². The van der Waals surface area contributed by atoms with E-state index in [1.165, 1.54) is 4.57 Å². The summed E-state index contributed by atoms with van der Waals surface area (Å²) >= 11 is 0. The summed E-state index contributed by atoms with van der Waals surface area (Å²) in [5, 5.41) is 23.9. The van der Waals surface area contributed by atoms with E-state index in [2.05, 4.69) is 5.32 Å². The molecule has 2 heterocycles. The zero-order valence-corrected chi connectivity index (χ0v) is 21.2. The van der Waals surface area contributed by atoms with E-state index in [4.69, 9.17) is 9.47 Å². The van der Waals surface area contributed by atoms with E-state index in [1.807, 2.05) is 32.9 Å². The van der Waals surface area contributed by atoms with Crippen LogP contribution in [0.3, 0.4) is 0 Å². The van der Waals surface area contributed by atoms with Crippen LogP contribution in [0.2, 0.25) is 0 Å². The quantitative estimate of drug-likeness (QED) is 0.561. The molecular weight excluding hydrogens is 448 g/mol. The Kier molecular flexibility index (Phi) is 7.43. The van der Waals surface area contributed by atoms with Crippen molar-refractivity contribution in [3.8, 4) is 5.75 Å². The van der Waals surface area contributed by atoms with Gasteiger partial charge < -0.3 is 25.0 Å². The number of methoxy groups -OCH3 is 1. The summed E-state index contributed by atoms with van der Waals surface area (Å²) in [6.45, 7) is 6.69. The van der Waals surface area contributed by atoms with Gasteiger partial charge in [-0.3, -0.25) is 4.79 Å². The summed E-state index contributed by atoms with van der Waals surface area (Å²) in [7, 11) is 1.60. The number of hydrogen-bond acceptors (Lipinski definition) is 5. The molecule has 2 fully saturated rings. The minimum atomic E-state index is -1.02. The fourth-order valence-corrected chi connectivity index (χ4v) is 5.90. The molecule has 8 nitrogen and oxygen atoms in total. The van der Waals surface area contributed by atoms with Crippen LogP contribution >= 0.6 is 0 Å². The smallest absolute Gasteiger partial charge is 0.416 e. The molecule has 1 aliphatic carbocycles. The van der Waals surface area contributed by atoms with E-state index >= 15 is 0 Å². The molecule has 35 heavy (non-hydrogen) atoms. The molecule has 4 rings (SSSR count). The maximum absolute atomic E-state index is 12.7. The Hall–Kier alpha value is -2.58. The number of aliphatic hydroxyl groups excluding tert-OH is 1. The summed E-state index contributed by atoms with van der Waals surface area (Å²) in [6, 6.07) is 3.80. The van der Waals surface area contributed by atoms with Crippen molar-refractivity contribution in [3.05, 3.63) is 29.0 Å². The van der Waals surface area contributed by atoms with Crippen LogP contribution in [0.4, 0.5) is 4.79 Å². The minimum Gasteiger partial charge on any atom is -0.496 e. The molecule has 2 aliphatic rings. The summed E-state index contributed by atoms with van der Waals surface area (Å²) in [6.07, 6.45) is 4.20. The lowest BCUT2D eigenvalue weighted by Gasteiger charge is -2.33. The Morgan fingerprint density at radius 1 is 1.20 bits per heavy atom. The second-order valence-electron chi connectivity index (χ2n) is 10.9. The molecule has 1 unspecified atom stereocenters. The van der Waals surface area contributed by atoms with Gasteiger partial charge in [-0.25, -0.2) is 9.36 Å². The number of ether oxygens (including phenoxy) is 2. The van der Waals surface area contributed by atoms with Gasteiger partial charge in [0.15, 0.2) is 0 Å². The molecule has 3 N–H and O–H groups in total. The molecule has 0 radical (unpaired) electrons. The number of carbonyl (C=O) groups is 2. The van der Waals surface area contributed by atoms with Gasteiger partial charge in [-0.2, -0.15) is 0 Å². The van der Waals surface area contributed by atoms with Gasteiger partial charge in [0.1, 0.15) is 11.9 Å². The Morgan fingerprint density at radius 2 is 1.97 bits per heavy atom. The number of aliphatic hydroxyl groups is 1. The van der Waals surface area contributed by atoms with Crippen molar-refractivity contribution in [1.29, 1.82) is 0 Å². The molecule has 192 valence electrons. The lowest BCUT2D eigenvalue weighted by atomic mass is 9.76. The molecule has 1 aromatic carbocycles. The highest BCUT2D eigenvalue weighted by Crippen LogP contribution is 2.45. The third-order valence-electron chi connectivity index (χ3n) is 7.34. The molecule has 1 aromatic heterocycles. The average Bonchev–Trinajstić information content (AvgIpc) is 3.45. The molecule has 8 heteroatoms. The van der Waals surface area contributed by atoms with Crippen molar-refractivity contribution in [2.24, 2.45) is 0 Å². The summed E-state index contributed by atoms with van der Waals surface area (Å²) in [5.41, 5.74) is 2.77. The molecule has 1 aliphatic heterocycles. The fraction of sp³-hybridized carbons (Fsp3) is 0.630. The van der Waals surface area contributed by atoms with Crippen LogP contribution < -0.4 is 10.1 Å². The molecule has 0 bridgehead atoms. The van der Waals surface area contributed by atoms with E-state index in [1.54, 1.807) is 7.11 Å². The number of aromatic nitrogens is 1. The highest BCUT2D eigenvalue weighted by atomic mass is 16.5. The summed E-state index contributed by atoms with van der Waals surface area (Å²) < 4.78 is 12.6. The molecule has 1 amide bonds. The number of fused-ring (bicyclic) bond motifs is 1. The number of nitrogens with one attached hydrogen (secondary N) is 1. The Morgan fingerprint density at radius 3 is 2.57 bits per heavy atom. The van der Waals surface area contributed by atoms with Crippen molar-refractivity contribution < 1.29 is 29.3 Å². The van der Waals surface area contributed by atoms with E-state index in [0.717, 1.165) is 60.7 Å². The Bertz CT molecular complexity index is 1090. The van der Waals surface area contributed by atoms with Gasteiger partial charge in [0.25, 0.3) is 0 Å². The molecule has 2 aromatic rings. The van der Waals surface area contributed by atoms with Crippen LogP contribution in [0.15, 0.2) is 12.1 Å². The first-order valence-corrected chi connectivity index (χ1v) is 12.7. The van der Waals surface area contributed by atoms with Gasteiger partial charge in [-0.15, -0.1) is 0 Å². The molecule has 1 saturated carbocycles. The molecule has 1 saturated heterocycles.